The summed E-state index contributed by atoms with van der Waals surface area (Å²) < 4.78 is 5.32. The molecule has 11 aromatic rings. The molecular formula is C47H28N2S2. The van der Waals surface area contributed by atoms with Crippen molar-refractivity contribution in [2.75, 3.05) is 4.90 Å². The Morgan fingerprint density at radius 3 is 1.53 bits per heavy atom. The molecule has 0 bridgehead atoms. The molecule has 51 heavy (non-hydrogen) atoms. The lowest BCUT2D eigenvalue weighted by molar-refractivity contribution is 1.29. The normalized spacial score (nSPS) is 11.9. The lowest BCUT2D eigenvalue weighted by atomic mass is 10.0. The van der Waals surface area contributed by atoms with Crippen LogP contribution in [0, 0.1) is 0 Å². The van der Waals surface area contributed by atoms with E-state index in [1.165, 1.54) is 78.4 Å². The Balaban J connectivity index is 1.08. The number of thiophene rings is 2. The summed E-state index contributed by atoms with van der Waals surface area (Å²) in [5.74, 6) is 0. The molecule has 0 atom stereocenters. The first-order valence-electron chi connectivity index (χ1n) is 17.2. The fourth-order valence-corrected chi connectivity index (χ4v) is 9.98. The summed E-state index contributed by atoms with van der Waals surface area (Å²) in [5.41, 5.74) is 5.74. The molecule has 0 aliphatic rings. The molecule has 0 amide bonds. The predicted molar refractivity (Wildman–Crippen MR) is 223 cm³/mol. The fourth-order valence-electron chi connectivity index (χ4n) is 7.70. The van der Waals surface area contributed by atoms with E-state index in [2.05, 4.69) is 168 Å². The molecule has 2 nitrogen and oxygen atoms in total. The minimum atomic E-state index is 1.11. The van der Waals surface area contributed by atoms with Crippen LogP contribution in [0.2, 0.25) is 0 Å². The molecule has 0 aliphatic carbocycles. The van der Waals surface area contributed by atoms with Crippen LogP contribution in [0.3, 0.4) is 0 Å². The van der Waals surface area contributed by atoms with Crippen LogP contribution in [0.1, 0.15) is 0 Å². The summed E-state index contributed by atoms with van der Waals surface area (Å²) in [6.45, 7) is 0. The first-order chi connectivity index (χ1) is 25.2. The molecule has 0 N–H and O–H groups in total. The minimum absolute atomic E-state index is 1.11. The van der Waals surface area contributed by atoms with Crippen LogP contribution in [0.5, 0.6) is 0 Å². The number of aromatic nitrogens is 1. The van der Waals surface area contributed by atoms with Crippen molar-refractivity contribution < 1.29 is 0 Å². The maximum absolute atomic E-state index is 4.35. The SMILES string of the molecule is c1ccc2c(c1)sc1cc3ccc(N(c4ccc(-c5ccc6ccncc6c5)cc4)c4ccc5cc6sc7ccccc7c6cc5c4)cc3cc12. The second kappa shape index (κ2) is 11.2. The average Bonchev–Trinajstić information content (AvgIpc) is 3.73. The van der Waals surface area contributed by atoms with E-state index in [0.717, 1.165) is 22.4 Å². The average molecular weight is 685 g/mol. The van der Waals surface area contributed by atoms with Gasteiger partial charge < -0.3 is 4.90 Å². The van der Waals surface area contributed by atoms with Gasteiger partial charge in [0.1, 0.15) is 0 Å². The fraction of sp³-hybridized carbons (Fsp3) is 0. The second-order valence-corrected chi connectivity index (χ2v) is 15.4. The van der Waals surface area contributed by atoms with E-state index >= 15 is 0 Å². The zero-order valence-electron chi connectivity index (χ0n) is 27.4. The molecule has 0 unspecified atom stereocenters. The molecule has 238 valence electrons. The van der Waals surface area contributed by atoms with Crippen molar-refractivity contribution in [3.63, 3.8) is 0 Å². The van der Waals surface area contributed by atoms with Gasteiger partial charge >= 0.3 is 0 Å². The van der Waals surface area contributed by atoms with Crippen LogP contribution in [-0.4, -0.2) is 4.98 Å². The Bertz CT molecular complexity index is 3000. The molecule has 0 fully saturated rings. The highest BCUT2D eigenvalue weighted by molar-refractivity contribution is 7.26. The third kappa shape index (κ3) is 4.72. The van der Waals surface area contributed by atoms with E-state index in [0.29, 0.717) is 0 Å². The van der Waals surface area contributed by atoms with Gasteiger partial charge in [0, 0.05) is 75.2 Å². The highest BCUT2D eigenvalue weighted by Gasteiger charge is 2.16. The number of benzene rings is 8. The number of fused-ring (bicyclic) bond motifs is 9. The Kier molecular flexibility index (Phi) is 6.32. The smallest absolute Gasteiger partial charge is 0.0468 e. The minimum Gasteiger partial charge on any atom is -0.310 e. The van der Waals surface area contributed by atoms with Gasteiger partial charge in [0.2, 0.25) is 0 Å². The topological polar surface area (TPSA) is 16.1 Å². The quantitative estimate of drug-likeness (QED) is 0.183. The van der Waals surface area contributed by atoms with Crippen LogP contribution < -0.4 is 4.90 Å². The number of hydrogen-bond acceptors (Lipinski definition) is 4. The van der Waals surface area contributed by atoms with Crippen LogP contribution in [-0.2, 0) is 0 Å². The maximum Gasteiger partial charge on any atom is 0.0468 e. The Labute approximate surface area is 302 Å². The Morgan fingerprint density at radius 2 is 0.902 bits per heavy atom. The number of pyridine rings is 1. The number of anilines is 3. The van der Waals surface area contributed by atoms with E-state index in [1.807, 2.05) is 35.1 Å². The van der Waals surface area contributed by atoms with E-state index in [-0.39, 0.29) is 0 Å². The maximum atomic E-state index is 4.35. The zero-order chi connectivity index (χ0) is 33.5. The largest absolute Gasteiger partial charge is 0.310 e. The van der Waals surface area contributed by atoms with Crippen LogP contribution in [0.25, 0.3) is 83.8 Å². The molecule has 0 saturated heterocycles. The van der Waals surface area contributed by atoms with Gasteiger partial charge in [-0.1, -0.05) is 72.8 Å². The number of nitrogens with zero attached hydrogens (tertiary/aromatic N) is 2. The summed E-state index contributed by atoms with van der Waals surface area (Å²) in [6, 6.07) is 58.4. The van der Waals surface area contributed by atoms with Crippen molar-refractivity contribution >= 4 is 112 Å². The van der Waals surface area contributed by atoms with E-state index in [9.17, 15) is 0 Å². The second-order valence-electron chi connectivity index (χ2n) is 13.3. The van der Waals surface area contributed by atoms with Crippen LogP contribution in [0.15, 0.2) is 170 Å². The first kappa shape index (κ1) is 28.7. The van der Waals surface area contributed by atoms with Gasteiger partial charge in [-0.3, -0.25) is 4.98 Å². The third-order valence-corrected chi connectivity index (χ3v) is 12.5. The standard InChI is InChI=1S/C47H28N2S2/c1-3-7-44-40(5-1)42-24-34-22-38(17-13-32(34)26-46(42)50-44)49(37-15-11-29(12-16-37)31-10-9-30-19-20-48-28-36(30)21-31)39-18-14-33-27-47-43(25-35(33)23-39)41-6-2-4-8-45(41)51-47/h1-28H. The number of hydrogen-bond donors (Lipinski definition) is 0. The van der Waals surface area contributed by atoms with Gasteiger partial charge in [-0.05, 0) is 123 Å². The summed E-state index contributed by atoms with van der Waals surface area (Å²) in [6.07, 6.45) is 3.79. The van der Waals surface area contributed by atoms with Crippen molar-refractivity contribution in [3.05, 3.63) is 170 Å². The van der Waals surface area contributed by atoms with Gasteiger partial charge in [0.05, 0.1) is 0 Å². The molecule has 0 spiro atoms. The van der Waals surface area contributed by atoms with Gasteiger partial charge in [-0.15, -0.1) is 22.7 Å². The van der Waals surface area contributed by atoms with Gasteiger partial charge in [-0.25, -0.2) is 0 Å². The lowest BCUT2D eigenvalue weighted by Crippen LogP contribution is -2.09. The predicted octanol–water partition coefficient (Wildman–Crippen LogP) is 14.4. The summed E-state index contributed by atoms with van der Waals surface area (Å²) >= 11 is 3.74. The van der Waals surface area contributed by atoms with Crippen molar-refractivity contribution in [2.24, 2.45) is 0 Å². The molecule has 8 aromatic carbocycles. The Morgan fingerprint density at radius 1 is 0.353 bits per heavy atom. The summed E-state index contributed by atoms with van der Waals surface area (Å²) in [7, 11) is 0. The molecular weight excluding hydrogens is 657 g/mol. The van der Waals surface area contributed by atoms with E-state index < -0.39 is 0 Å². The molecule has 11 rings (SSSR count). The molecule has 0 saturated carbocycles. The van der Waals surface area contributed by atoms with Crippen LogP contribution in [0.4, 0.5) is 17.1 Å². The monoisotopic (exact) mass is 684 g/mol. The van der Waals surface area contributed by atoms with E-state index in [1.54, 1.807) is 0 Å². The van der Waals surface area contributed by atoms with Gasteiger partial charge in [0.25, 0.3) is 0 Å². The highest BCUT2D eigenvalue weighted by Crippen LogP contribution is 2.42. The van der Waals surface area contributed by atoms with Crippen molar-refractivity contribution in [2.45, 2.75) is 0 Å². The van der Waals surface area contributed by atoms with Crippen LogP contribution >= 0.6 is 22.7 Å². The van der Waals surface area contributed by atoms with E-state index in [4.69, 9.17) is 0 Å². The number of rotatable bonds is 4. The Hall–Kier alpha value is -6.07. The lowest BCUT2D eigenvalue weighted by Gasteiger charge is -2.26. The van der Waals surface area contributed by atoms with Gasteiger partial charge in [-0.2, -0.15) is 0 Å². The molecule has 4 heteroatoms. The molecule has 0 aliphatic heterocycles. The van der Waals surface area contributed by atoms with Crippen molar-refractivity contribution in [1.82, 2.24) is 4.98 Å². The molecule has 0 radical (unpaired) electrons. The summed E-state index contributed by atoms with van der Waals surface area (Å²) in [4.78, 5) is 6.75. The molecule has 3 heterocycles. The van der Waals surface area contributed by atoms with Crippen molar-refractivity contribution in [3.8, 4) is 11.1 Å². The third-order valence-electron chi connectivity index (χ3n) is 10.3. The van der Waals surface area contributed by atoms with Gasteiger partial charge in [0.15, 0.2) is 0 Å². The first-order valence-corrected chi connectivity index (χ1v) is 18.8. The molecule has 3 aromatic heterocycles. The summed E-state index contributed by atoms with van der Waals surface area (Å²) in [5, 5.41) is 12.6. The zero-order valence-corrected chi connectivity index (χ0v) is 29.0. The van der Waals surface area contributed by atoms with Crippen molar-refractivity contribution in [1.29, 1.82) is 0 Å². The highest BCUT2D eigenvalue weighted by atomic mass is 32.1.